The molecule has 0 amide bonds. The first-order chi connectivity index (χ1) is 8.49. The molecule has 7 nitrogen and oxygen atoms in total. The highest BCUT2D eigenvalue weighted by Crippen LogP contribution is 2.28. The summed E-state index contributed by atoms with van der Waals surface area (Å²) in [7, 11) is 0. The number of aryl methyl sites for hydroxylation is 1. The molecule has 0 bridgehead atoms. The molecule has 0 aliphatic carbocycles. The third-order valence-corrected chi connectivity index (χ3v) is 2.60. The second-order valence-electron chi connectivity index (χ2n) is 3.51. The number of nitro benzene ring substituents is 1. The fourth-order valence-electron chi connectivity index (χ4n) is 1.32. The Hall–Kier alpha value is -2.28. The van der Waals surface area contributed by atoms with Crippen LogP contribution in [-0.2, 0) is 0 Å². The highest BCUT2D eigenvalue weighted by atomic mass is 35.5. The Morgan fingerprint density at radius 3 is 2.72 bits per heavy atom. The summed E-state index contributed by atoms with van der Waals surface area (Å²) in [6.45, 7) is 1.51. The second kappa shape index (κ2) is 4.53. The molecule has 0 aliphatic rings. The van der Waals surface area contributed by atoms with Gasteiger partial charge in [-0.25, -0.2) is 0 Å². The van der Waals surface area contributed by atoms with Gasteiger partial charge < -0.3 is 4.98 Å². The van der Waals surface area contributed by atoms with Gasteiger partial charge in [0.1, 0.15) is 10.7 Å². The van der Waals surface area contributed by atoms with Gasteiger partial charge in [-0.15, -0.1) is 10.2 Å². The molecule has 0 aliphatic heterocycles. The Balaban J connectivity index is 2.57. The van der Waals surface area contributed by atoms with Crippen molar-refractivity contribution in [1.29, 1.82) is 0 Å². The number of aromatic amines is 1. The molecule has 1 aromatic heterocycles. The number of nitrogens with zero attached hydrogens (tertiary/aromatic N) is 3. The van der Waals surface area contributed by atoms with Crippen molar-refractivity contribution in [3.8, 4) is 11.4 Å². The van der Waals surface area contributed by atoms with E-state index in [2.05, 4.69) is 15.2 Å². The van der Waals surface area contributed by atoms with Crippen LogP contribution in [0.15, 0.2) is 23.0 Å². The van der Waals surface area contributed by atoms with E-state index >= 15 is 0 Å². The number of nitro groups is 1. The predicted octanol–water partition coefficient (Wildman–Crippen LogP) is 1.70. The topological polar surface area (TPSA) is 102 Å². The summed E-state index contributed by atoms with van der Waals surface area (Å²) in [4.78, 5) is 24.0. The van der Waals surface area contributed by atoms with Crippen molar-refractivity contribution in [2.45, 2.75) is 6.92 Å². The molecule has 18 heavy (non-hydrogen) atoms. The largest absolute Gasteiger partial charge is 0.303 e. The second-order valence-corrected chi connectivity index (χ2v) is 3.92. The maximum atomic E-state index is 11.4. The van der Waals surface area contributed by atoms with Gasteiger partial charge in [0.2, 0.25) is 0 Å². The fraction of sp³-hybridized carbons (Fsp3) is 0.100. The standard InChI is InChI=1S/C10H7ClN4O3/c1-5-10(16)12-9(14-13-5)6-2-3-7(11)8(4-6)15(17)18/h2-4H,1H3,(H,12,14,16). The van der Waals surface area contributed by atoms with Crippen LogP contribution in [-0.4, -0.2) is 20.1 Å². The number of nitrogens with one attached hydrogen (secondary N) is 1. The van der Waals surface area contributed by atoms with E-state index < -0.39 is 10.5 Å². The first-order valence-electron chi connectivity index (χ1n) is 4.87. The van der Waals surface area contributed by atoms with Crippen molar-refractivity contribution >= 4 is 17.3 Å². The van der Waals surface area contributed by atoms with Gasteiger partial charge in [0.05, 0.1) is 4.92 Å². The molecule has 0 atom stereocenters. The number of benzene rings is 1. The van der Waals surface area contributed by atoms with Crippen LogP contribution in [0.4, 0.5) is 5.69 Å². The van der Waals surface area contributed by atoms with E-state index in [4.69, 9.17) is 11.6 Å². The van der Waals surface area contributed by atoms with E-state index in [0.717, 1.165) is 0 Å². The Bertz CT molecular complexity index is 683. The molecule has 1 heterocycles. The SMILES string of the molecule is Cc1nnc(-c2ccc(Cl)c([N+](=O)[O-])c2)[nH]c1=O. The number of rotatable bonds is 2. The van der Waals surface area contributed by atoms with E-state index in [1.807, 2.05) is 0 Å². The molecule has 0 saturated carbocycles. The maximum absolute atomic E-state index is 11.4. The summed E-state index contributed by atoms with van der Waals surface area (Å²) in [6.07, 6.45) is 0. The summed E-state index contributed by atoms with van der Waals surface area (Å²) in [6, 6.07) is 4.12. The number of halogens is 1. The van der Waals surface area contributed by atoms with Gasteiger partial charge in [0.25, 0.3) is 11.2 Å². The summed E-state index contributed by atoms with van der Waals surface area (Å²) in [5, 5.41) is 18.2. The predicted molar refractivity (Wildman–Crippen MR) is 64.5 cm³/mol. The lowest BCUT2D eigenvalue weighted by atomic mass is 10.2. The number of hydrogen-bond donors (Lipinski definition) is 1. The Morgan fingerprint density at radius 1 is 1.39 bits per heavy atom. The van der Waals surface area contributed by atoms with Gasteiger partial charge >= 0.3 is 0 Å². The number of aromatic nitrogens is 3. The molecule has 2 aromatic rings. The van der Waals surface area contributed by atoms with Crippen LogP contribution in [0.25, 0.3) is 11.4 Å². The van der Waals surface area contributed by atoms with E-state index in [1.165, 1.54) is 25.1 Å². The quantitative estimate of drug-likeness (QED) is 0.658. The van der Waals surface area contributed by atoms with Crippen LogP contribution >= 0.6 is 11.6 Å². The van der Waals surface area contributed by atoms with Gasteiger partial charge in [-0.1, -0.05) is 11.6 Å². The minimum atomic E-state index is -0.606. The average Bonchev–Trinajstić information content (AvgIpc) is 2.33. The number of hydrogen-bond acceptors (Lipinski definition) is 5. The van der Waals surface area contributed by atoms with Gasteiger partial charge in [0, 0.05) is 11.6 Å². The molecule has 1 N–H and O–H groups in total. The minimum Gasteiger partial charge on any atom is -0.303 e. The molecular weight excluding hydrogens is 260 g/mol. The van der Waals surface area contributed by atoms with Crippen LogP contribution in [0.3, 0.4) is 0 Å². The van der Waals surface area contributed by atoms with E-state index in [0.29, 0.717) is 5.56 Å². The normalized spacial score (nSPS) is 10.3. The van der Waals surface area contributed by atoms with E-state index in [9.17, 15) is 14.9 Å². The fourth-order valence-corrected chi connectivity index (χ4v) is 1.51. The zero-order valence-corrected chi connectivity index (χ0v) is 9.93. The van der Waals surface area contributed by atoms with Crippen molar-refractivity contribution in [2.75, 3.05) is 0 Å². The van der Waals surface area contributed by atoms with Crippen molar-refractivity contribution in [2.24, 2.45) is 0 Å². The molecule has 0 radical (unpaired) electrons. The molecular formula is C10H7ClN4O3. The van der Waals surface area contributed by atoms with Crippen molar-refractivity contribution in [1.82, 2.24) is 15.2 Å². The van der Waals surface area contributed by atoms with Gasteiger partial charge in [-0.3, -0.25) is 14.9 Å². The molecule has 0 spiro atoms. The number of H-pyrrole nitrogens is 1. The van der Waals surface area contributed by atoms with E-state index in [1.54, 1.807) is 0 Å². The molecule has 92 valence electrons. The Kier molecular flexibility index (Phi) is 3.07. The first-order valence-corrected chi connectivity index (χ1v) is 5.25. The van der Waals surface area contributed by atoms with E-state index in [-0.39, 0.29) is 22.2 Å². The van der Waals surface area contributed by atoms with Gasteiger partial charge in [-0.2, -0.15) is 0 Å². The molecule has 0 fully saturated rings. The first kappa shape index (κ1) is 12.2. The molecule has 8 heteroatoms. The highest BCUT2D eigenvalue weighted by Gasteiger charge is 2.14. The average molecular weight is 267 g/mol. The molecule has 1 aromatic carbocycles. The molecule has 2 rings (SSSR count). The smallest absolute Gasteiger partial charge is 0.288 e. The molecule has 0 unspecified atom stereocenters. The van der Waals surface area contributed by atoms with Crippen LogP contribution < -0.4 is 5.56 Å². The molecule has 0 saturated heterocycles. The Labute approximate surface area is 106 Å². The van der Waals surface area contributed by atoms with Crippen LogP contribution in [0.5, 0.6) is 0 Å². The summed E-state index contributed by atoms with van der Waals surface area (Å²) < 4.78 is 0. The van der Waals surface area contributed by atoms with Crippen molar-refractivity contribution < 1.29 is 4.92 Å². The summed E-state index contributed by atoms with van der Waals surface area (Å²) >= 11 is 5.69. The summed E-state index contributed by atoms with van der Waals surface area (Å²) in [5.41, 5.74) is -0.0482. The summed E-state index contributed by atoms with van der Waals surface area (Å²) in [5.74, 6) is 0.158. The third-order valence-electron chi connectivity index (χ3n) is 2.28. The van der Waals surface area contributed by atoms with Crippen LogP contribution in [0.1, 0.15) is 5.69 Å². The van der Waals surface area contributed by atoms with Crippen molar-refractivity contribution in [3.63, 3.8) is 0 Å². The third kappa shape index (κ3) is 2.21. The monoisotopic (exact) mass is 266 g/mol. The lowest BCUT2D eigenvalue weighted by Crippen LogP contribution is -2.14. The van der Waals surface area contributed by atoms with Gasteiger partial charge in [-0.05, 0) is 19.1 Å². The zero-order chi connectivity index (χ0) is 13.3. The van der Waals surface area contributed by atoms with Gasteiger partial charge in [0.15, 0.2) is 5.82 Å². The zero-order valence-electron chi connectivity index (χ0n) is 9.18. The highest BCUT2D eigenvalue weighted by molar-refractivity contribution is 6.32. The lowest BCUT2D eigenvalue weighted by molar-refractivity contribution is -0.384. The van der Waals surface area contributed by atoms with Crippen molar-refractivity contribution in [3.05, 3.63) is 49.4 Å². The van der Waals surface area contributed by atoms with Crippen LogP contribution in [0, 0.1) is 17.0 Å². The van der Waals surface area contributed by atoms with Crippen LogP contribution in [0.2, 0.25) is 5.02 Å². The Morgan fingerprint density at radius 2 is 2.11 bits per heavy atom. The minimum absolute atomic E-state index is 0.0196. The maximum Gasteiger partial charge on any atom is 0.288 e. The lowest BCUT2D eigenvalue weighted by Gasteiger charge is -2.01.